The Labute approximate surface area is 91.0 Å². The molecule has 0 aliphatic carbocycles. The monoisotopic (exact) mass is 207 g/mol. The van der Waals surface area contributed by atoms with E-state index < -0.39 is 0 Å². The first-order valence-electron chi connectivity index (χ1n) is 5.35. The fourth-order valence-electron chi connectivity index (χ4n) is 1.62. The zero-order valence-electron chi connectivity index (χ0n) is 9.89. The number of hydrogen-bond donors (Lipinski definition) is 0. The van der Waals surface area contributed by atoms with Crippen LogP contribution >= 0.6 is 0 Å². The first-order chi connectivity index (χ1) is 7.04. The Balaban J connectivity index is 3.26. The quantitative estimate of drug-likeness (QED) is 0.659. The molecule has 15 heavy (non-hydrogen) atoms. The Morgan fingerprint density at radius 1 is 1.33 bits per heavy atom. The molecule has 1 rings (SSSR count). The van der Waals surface area contributed by atoms with Crippen LogP contribution < -0.4 is 0 Å². The number of nitrogens with zero attached hydrogens (tertiary/aromatic N) is 1. The van der Waals surface area contributed by atoms with Crippen LogP contribution in [0.15, 0.2) is 17.1 Å². The van der Waals surface area contributed by atoms with Crippen molar-refractivity contribution in [2.75, 3.05) is 0 Å². The molecule has 0 amide bonds. The minimum atomic E-state index is -0.209. The smallest absolute Gasteiger partial charge is 0.149 e. The SMILES string of the molecule is CCCc1cc(C)cc(F)c1N=C(C)C. The summed E-state index contributed by atoms with van der Waals surface area (Å²) in [5.74, 6) is -0.209. The highest BCUT2D eigenvalue weighted by molar-refractivity contribution is 5.82. The van der Waals surface area contributed by atoms with Gasteiger partial charge >= 0.3 is 0 Å². The Kier molecular flexibility index (Phi) is 4.01. The summed E-state index contributed by atoms with van der Waals surface area (Å²) in [7, 11) is 0. The largest absolute Gasteiger partial charge is 0.255 e. The van der Waals surface area contributed by atoms with E-state index in [9.17, 15) is 4.39 Å². The summed E-state index contributed by atoms with van der Waals surface area (Å²) in [6, 6.07) is 3.56. The Hall–Kier alpha value is -1.18. The van der Waals surface area contributed by atoms with Crippen LogP contribution in [0, 0.1) is 12.7 Å². The Morgan fingerprint density at radius 2 is 2.00 bits per heavy atom. The molecule has 0 spiro atoms. The first kappa shape index (κ1) is 11.9. The van der Waals surface area contributed by atoms with Crippen molar-refractivity contribution in [3.05, 3.63) is 29.1 Å². The maximum absolute atomic E-state index is 13.7. The number of halogens is 1. The summed E-state index contributed by atoms with van der Waals surface area (Å²) in [6.07, 6.45) is 1.89. The van der Waals surface area contributed by atoms with E-state index in [4.69, 9.17) is 0 Å². The molecule has 0 fully saturated rings. The Morgan fingerprint density at radius 3 is 2.53 bits per heavy atom. The van der Waals surface area contributed by atoms with Gasteiger partial charge < -0.3 is 0 Å². The second kappa shape index (κ2) is 5.06. The molecule has 0 aromatic heterocycles. The van der Waals surface area contributed by atoms with E-state index in [1.165, 1.54) is 0 Å². The number of hydrogen-bond acceptors (Lipinski definition) is 1. The van der Waals surface area contributed by atoms with Crippen molar-refractivity contribution in [2.24, 2.45) is 4.99 Å². The molecule has 2 heteroatoms. The van der Waals surface area contributed by atoms with Crippen molar-refractivity contribution in [3.63, 3.8) is 0 Å². The van der Waals surface area contributed by atoms with E-state index in [-0.39, 0.29) is 5.82 Å². The zero-order valence-corrected chi connectivity index (χ0v) is 9.89. The van der Waals surface area contributed by atoms with Gasteiger partial charge in [0.1, 0.15) is 11.5 Å². The third-order valence-corrected chi connectivity index (χ3v) is 2.14. The fourth-order valence-corrected chi connectivity index (χ4v) is 1.62. The summed E-state index contributed by atoms with van der Waals surface area (Å²) in [5, 5.41) is 0. The molecule has 0 aliphatic rings. The van der Waals surface area contributed by atoms with Crippen molar-refractivity contribution < 1.29 is 4.39 Å². The van der Waals surface area contributed by atoms with Crippen molar-refractivity contribution >= 4 is 11.4 Å². The van der Waals surface area contributed by atoms with Crippen LogP contribution in [0.5, 0.6) is 0 Å². The van der Waals surface area contributed by atoms with Gasteiger partial charge in [0.15, 0.2) is 0 Å². The van der Waals surface area contributed by atoms with Crippen LogP contribution in [0.3, 0.4) is 0 Å². The third-order valence-electron chi connectivity index (χ3n) is 2.14. The van der Waals surface area contributed by atoms with Gasteiger partial charge in [-0.05, 0) is 44.4 Å². The molecular formula is C13H18FN. The lowest BCUT2D eigenvalue weighted by molar-refractivity contribution is 0.626. The maximum atomic E-state index is 13.7. The standard InChI is InChI=1S/C13H18FN/c1-5-6-11-7-10(4)8-12(14)13(11)15-9(2)3/h7-8H,5-6H2,1-4H3. The molecule has 0 unspecified atom stereocenters. The molecule has 0 bridgehead atoms. The van der Waals surface area contributed by atoms with Crippen molar-refractivity contribution in [1.29, 1.82) is 0 Å². The van der Waals surface area contributed by atoms with Crippen LogP contribution in [0.1, 0.15) is 38.3 Å². The van der Waals surface area contributed by atoms with Crippen LogP contribution in [-0.4, -0.2) is 5.71 Å². The third kappa shape index (κ3) is 3.15. The van der Waals surface area contributed by atoms with Crippen LogP contribution in [0.4, 0.5) is 10.1 Å². The van der Waals surface area contributed by atoms with E-state index in [0.717, 1.165) is 29.7 Å². The normalized spacial score (nSPS) is 10.2. The summed E-state index contributed by atoms with van der Waals surface area (Å²) in [6.45, 7) is 7.77. The lowest BCUT2D eigenvalue weighted by Gasteiger charge is -2.08. The summed E-state index contributed by atoms with van der Waals surface area (Å²) >= 11 is 0. The molecule has 1 aromatic carbocycles. The van der Waals surface area contributed by atoms with Crippen molar-refractivity contribution in [3.8, 4) is 0 Å². The van der Waals surface area contributed by atoms with E-state index in [0.29, 0.717) is 5.69 Å². The number of aliphatic imine (C=N–C) groups is 1. The molecule has 0 saturated carbocycles. The first-order valence-corrected chi connectivity index (χ1v) is 5.35. The average molecular weight is 207 g/mol. The second-order valence-corrected chi connectivity index (χ2v) is 4.06. The molecule has 0 heterocycles. The van der Waals surface area contributed by atoms with Crippen LogP contribution in [0.25, 0.3) is 0 Å². The minimum Gasteiger partial charge on any atom is -0.255 e. The van der Waals surface area contributed by atoms with E-state index >= 15 is 0 Å². The van der Waals surface area contributed by atoms with Gasteiger partial charge in [-0.15, -0.1) is 0 Å². The lowest BCUT2D eigenvalue weighted by Crippen LogP contribution is -1.92. The molecule has 1 aromatic rings. The summed E-state index contributed by atoms with van der Waals surface area (Å²) in [4.78, 5) is 4.26. The van der Waals surface area contributed by atoms with Gasteiger partial charge in [-0.3, -0.25) is 4.99 Å². The van der Waals surface area contributed by atoms with E-state index in [1.54, 1.807) is 6.07 Å². The van der Waals surface area contributed by atoms with Gasteiger partial charge in [0, 0.05) is 5.71 Å². The fraction of sp³-hybridized carbons (Fsp3) is 0.462. The predicted molar refractivity (Wildman–Crippen MR) is 63.6 cm³/mol. The highest BCUT2D eigenvalue weighted by atomic mass is 19.1. The van der Waals surface area contributed by atoms with Gasteiger partial charge in [-0.25, -0.2) is 4.39 Å². The van der Waals surface area contributed by atoms with Crippen molar-refractivity contribution in [1.82, 2.24) is 0 Å². The van der Waals surface area contributed by atoms with E-state index in [1.807, 2.05) is 26.8 Å². The van der Waals surface area contributed by atoms with Crippen molar-refractivity contribution in [2.45, 2.75) is 40.5 Å². The molecule has 82 valence electrons. The molecule has 0 atom stereocenters. The van der Waals surface area contributed by atoms with Crippen LogP contribution in [0.2, 0.25) is 0 Å². The van der Waals surface area contributed by atoms with Gasteiger partial charge in [0.2, 0.25) is 0 Å². The Bertz CT molecular complexity index is 376. The molecule has 1 nitrogen and oxygen atoms in total. The van der Waals surface area contributed by atoms with Gasteiger partial charge in [0.05, 0.1) is 0 Å². The molecular weight excluding hydrogens is 189 g/mol. The van der Waals surface area contributed by atoms with Gasteiger partial charge in [0.25, 0.3) is 0 Å². The lowest BCUT2D eigenvalue weighted by atomic mass is 10.0. The highest BCUT2D eigenvalue weighted by Gasteiger charge is 2.08. The average Bonchev–Trinajstić information content (AvgIpc) is 2.11. The van der Waals surface area contributed by atoms with E-state index in [2.05, 4.69) is 11.9 Å². The number of aryl methyl sites for hydroxylation is 2. The summed E-state index contributed by atoms with van der Waals surface area (Å²) < 4.78 is 13.7. The summed E-state index contributed by atoms with van der Waals surface area (Å²) in [5.41, 5.74) is 3.37. The predicted octanol–water partition coefficient (Wildman–Crippen LogP) is 4.20. The van der Waals surface area contributed by atoms with Gasteiger partial charge in [-0.2, -0.15) is 0 Å². The number of benzene rings is 1. The molecule has 0 aliphatic heterocycles. The zero-order chi connectivity index (χ0) is 11.4. The molecule has 0 radical (unpaired) electrons. The number of rotatable bonds is 3. The molecule has 0 N–H and O–H groups in total. The van der Waals surface area contributed by atoms with Gasteiger partial charge in [-0.1, -0.05) is 19.4 Å². The maximum Gasteiger partial charge on any atom is 0.149 e. The molecule has 0 saturated heterocycles. The second-order valence-electron chi connectivity index (χ2n) is 4.06. The van der Waals surface area contributed by atoms with Crippen LogP contribution in [-0.2, 0) is 6.42 Å². The topological polar surface area (TPSA) is 12.4 Å². The highest BCUT2D eigenvalue weighted by Crippen LogP contribution is 2.26. The minimum absolute atomic E-state index is 0.209.